The minimum Gasteiger partial charge on any atom is -0.396 e. The van der Waals surface area contributed by atoms with Crippen LogP contribution in [0.25, 0.3) is 0 Å². The first-order chi connectivity index (χ1) is 29.1. The van der Waals surface area contributed by atoms with E-state index >= 15 is 0 Å². The van der Waals surface area contributed by atoms with Gasteiger partial charge in [-0.1, -0.05) is 212 Å². The number of aliphatic hydroxyl groups is 1. The van der Waals surface area contributed by atoms with Crippen molar-refractivity contribution in [3.8, 4) is 0 Å². The van der Waals surface area contributed by atoms with Crippen LogP contribution in [0.15, 0.2) is 218 Å². The van der Waals surface area contributed by atoms with Gasteiger partial charge in [0.25, 0.3) is 0 Å². The molecule has 1 atom stereocenters. The molecule has 0 radical (unpaired) electrons. The summed E-state index contributed by atoms with van der Waals surface area (Å²) in [5, 5.41) is 16.0. The van der Waals surface area contributed by atoms with Gasteiger partial charge < -0.3 is 16.2 Å². The predicted octanol–water partition coefficient (Wildman–Crippen LogP) is 10.6. The van der Waals surface area contributed by atoms with E-state index < -0.39 is 11.1 Å². The van der Waals surface area contributed by atoms with Crippen molar-refractivity contribution in [3.63, 3.8) is 0 Å². The second-order valence-electron chi connectivity index (χ2n) is 14.8. The third-order valence-electron chi connectivity index (χ3n) is 11.4. The first-order valence-electron chi connectivity index (χ1n) is 20.2. The van der Waals surface area contributed by atoms with Gasteiger partial charge in [0, 0.05) is 12.5 Å². The number of hydrogen-bond acceptors (Lipinski definition) is 6. The standard InChI is InChI=1S/C53H49N5O/c54-50-48(47(37-22-38-59)40-23-8-1-9-24-40)39-49(57-52(41-25-10-2-11-26-41,42-27-12-3-13-28-42)43-29-14-4-15-30-43)56-51(50)58(55)53(44-31-16-5-17-32-44,45-33-18-6-19-34-45)46-35-20-7-21-36-46/h1-21,23-36,39,47,59H,22,37-38,54-55H2,(H,56,57). The molecule has 0 saturated carbocycles. The van der Waals surface area contributed by atoms with Crippen molar-refractivity contribution in [1.82, 2.24) is 4.98 Å². The van der Waals surface area contributed by atoms with Crippen molar-refractivity contribution in [2.45, 2.75) is 29.8 Å². The molecule has 59 heavy (non-hydrogen) atoms. The zero-order valence-electron chi connectivity index (χ0n) is 33.0. The fourth-order valence-electron chi connectivity index (χ4n) is 8.67. The highest BCUT2D eigenvalue weighted by molar-refractivity contribution is 5.76. The summed E-state index contributed by atoms with van der Waals surface area (Å²) >= 11 is 0. The summed E-state index contributed by atoms with van der Waals surface area (Å²) in [4.78, 5) is 5.51. The number of hydrogen-bond donors (Lipinski definition) is 4. The Morgan fingerprint density at radius 3 is 1.25 bits per heavy atom. The number of aromatic nitrogens is 1. The number of pyridine rings is 1. The summed E-state index contributed by atoms with van der Waals surface area (Å²) in [6.07, 6.45) is 1.23. The molecule has 1 aromatic heterocycles. The molecule has 1 unspecified atom stereocenters. The molecule has 8 rings (SSSR count). The maximum absolute atomic E-state index is 10.2. The zero-order valence-corrected chi connectivity index (χ0v) is 33.0. The summed E-state index contributed by atoms with van der Waals surface area (Å²) < 4.78 is 0. The molecule has 0 spiro atoms. The second-order valence-corrected chi connectivity index (χ2v) is 14.8. The van der Waals surface area contributed by atoms with Crippen LogP contribution >= 0.6 is 0 Å². The van der Waals surface area contributed by atoms with Crippen LogP contribution < -0.4 is 21.9 Å². The highest BCUT2D eigenvalue weighted by Gasteiger charge is 2.44. The van der Waals surface area contributed by atoms with E-state index in [0.29, 0.717) is 30.2 Å². The molecular formula is C53H49N5O. The molecule has 0 aliphatic rings. The molecule has 1 heterocycles. The summed E-state index contributed by atoms with van der Waals surface area (Å²) in [6.45, 7) is 0.0492. The van der Waals surface area contributed by atoms with Crippen LogP contribution in [0.5, 0.6) is 0 Å². The van der Waals surface area contributed by atoms with Crippen molar-refractivity contribution in [3.05, 3.63) is 263 Å². The van der Waals surface area contributed by atoms with E-state index in [1.807, 2.05) is 91.0 Å². The SMILES string of the molecule is Nc1c(C(CCCO)c2ccccc2)cc(NC(c2ccccc2)(c2ccccc2)c2ccccc2)nc1N(N)C(c1ccccc1)(c1ccccc1)c1ccccc1. The van der Waals surface area contributed by atoms with Crippen LogP contribution in [0.1, 0.15) is 63.3 Å². The zero-order chi connectivity index (χ0) is 40.5. The van der Waals surface area contributed by atoms with E-state index in [4.69, 9.17) is 16.6 Å². The lowest BCUT2D eigenvalue weighted by Crippen LogP contribution is -2.53. The highest BCUT2D eigenvalue weighted by atomic mass is 16.2. The predicted molar refractivity (Wildman–Crippen MR) is 242 cm³/mol. The first kappa shape index (κ1) is 38.9. The van der Waals surface area contributed by atoms with Gasteiger partial charge in [0.1, 0.15) is 16.9 Å². The molecule has 292 valence electrons. The molecule has 0 aliphatic heterocycles. The Hall–Kier alpha value is -6.99. The van der Waals surface area contributed by atoms with E-state index in [0.717, 1.165) is 44.5 Å². The number of hydrazine groups is 1. The molecule has 0 fully saturated rings. The van der Waals surface area contributed by atoms with Crippen molar-refractivity contribution in [2.75, 3.05) is 22.7 Å². The van der Waals surface area contributed by atoms with Crippen molar-refractivity contribution in [1.29, 1.82) is 0 Å². The van der Waals surface area contributed by atoms with Gasteiger partial charge in [0.15, 0.2) is 5.82 Å². The Labute approximate surface area is 347 Å². The van der Waals surface area contributed by atoms with Gasteiger partial charge in [0.2, 0.25) is 0 Å². The third kappa shape index (κ3) is 7.48. The molecule has 6 heteroatoms. The number of nitrogen functional groups attached to an aromatic ring is 1. The maximum Gasteiger partial charge on any atom is 0.170 e. The molecule has 0 saturated heterocycles. The number of rotatable bonds is 15. The van der Waals surface area contributed by atoms with Gasteiger partial charge >= 0.3 is 0 Å². The Morgan fingerprint density at radius 2 is 0.881 bits per heavy atom. The van der Waals surface area contributed by atoms with Crippen molar-refractivity contribution < 1.29 is 5.11 Å². The Morgan fingerprint density at radius 1 is 0.525 bits per heavy atom. The number of benzene rings is 7. The maximum atomic E-state index is 10.2. The average molecular weight is 772 g/mol. The molecule has 6 nitrogen and oxygen atoms in total. The minimum atomic E-state index is -1.07. The molecule has 0 bridgehead atoms. The van der Waals surface area contributed by atoms with Crippen molar-refractivity contribution >= 4 is 17.3 Å². The van der Waals surface area contributed by atoms with Crippen LogP contribution in [0.2, 0.25) is 0 Å². The van der Waals surface area contributed by atoms with Crippen LogP contribution in [0.4, 0.5) is 17.3 Å². The van der Waals surface area contributed by atoms with E-state index in [1.54, 1.807) is 5.01 Å². The smallest absolute Gasteiger partial charge is 0.170 e. The van der Waals surface area contributed by atoms with E-state index in [1.165, 1.54) is 0 Å². The molecule has 6 N–H and O–H groups in total. The van der Waals surface area contributed by atoms with Crippen LogP contribution in [-0.4, -0.2) is 16.7 Å². The topological polar surface area (TPSA) is 100 Å². The lowest BCUT2D eigenvalue weighted by atomic mass is 9.76. The van der Waals surface area contributed by atoms with Crippen molar-refractivity contribution in [2.24, 2.45) is 5.84 Å². The molecule has 8 aromatic rings. The number of anilines is 3. The van der Waals surface area contributed by atoms with E-state index in [-0.39, 0.29) is 12.5 Å². The Kier molecular flexibility index (Phi) is 11.6. The third-order valence-corrected chi connectivity index (χ3v) is 11.4. The molecule has 0 aliphatic carbocycles. The van der Waals surface area contributed by atoms with Gasteiger partial charge in [-0.3, -0.25) is 5.01 Å². The lowest BCUT2D eigenvalue weighted by Gasteiger charge is -2.44. The fraction of sp³-hybridized carbons (Fsp3) is 0.113. The largest absolute Gasteiger partial charge is 0.396 e. The number of aliphatic hydroxyl groups excluding tert-OH is 1. The van der Waals surface area contributed by atoms with Gasteiger partial charge in [0.05, 0.1) is 5.69 Å². The van der Waals surface area contributed by atoms with E-state index in [2.05, 4.69) is 133 Å². The van der Waals surface area contributed by atoms with E-state index in [9.17, 15) is 5.11 Å². The fourth-order valence-corrected chi connectivity index (χ4v) is 8.67. The van der Waals surface area contributed by atoms with Gasteiger partial charge in [-0.15, -0.1) is 0 Å². The molecular weight excluding hydrogens is 723 g/mol. The summed E-state index contributed by atoms with van der Waals surface area (Å²) in [7, 11) is 0. The summed E-state index contributed by atoms with van der Waals surface area (Å²) in [5.74, 6) is 8.58. The summed E-state index contributed by atoms with van der Waals surface area (Å²) in [5.41, 5.74) is 13.9. The Bertz CT molecular complexity index is 2330. The van der Waals surface area contributed by atoms with Gasteiger partial charge in [-0.25, -0.2) is 10.8 Å². The quantitative estimate of drug-likeness (QED) is 0.0470. The number of nitrogens with two attached hydrogens (primary N) is 2. The van der Waals surface area contributed by atoms with Gasteiger partial charge in [-0.2, -0.15) is 0 Å². The monoisotopic (exact) mass is 771 g/mol. The normalized spacial score (nSPS) is 12.1. The lowest BCUT2D eigenvalue weighted by molar-refractivity contribution is 0.282. The summed E-state index contributed by atoms with van der Waals surface area (Å²) in [6, 6.07) is 74.8. The molecule has 7 aromatic carbocycles. The van der Waals surface area contributed by atoms with Gasteiger partial charge in [-0.05, 0) is 63.4 Å². The number of nitrogens with zero attached hydrogens (tertiary/aromatic N) is 2. The minimum absolute atomic E-state index is 0.0492. The van der Waals surface area contributed by atoms with Crippen LogP contribution in [0.3, 0.4) is 0 Å². The average Bonchev–Trinajstić information content (AvgIpc) is 3.31. The van der Waals surface area contributed by atoms with Crippen LogP contribution in [-0.2, 0) is 11.1 Å². The Balaban J connectivity index is 1.45. The number of nitrogens with one attached hydrogen (secondary N) is 1. The first-order valence-corrected chi connectivity index (χ1v) is 20.2. The van der Waals surface area contributed by atoms with Crippen LogP contribution in [0, 0.1) is 0 Å². The second kappa shape index (κ2) is 17.7. The highest BCUT2D eigenvalue weighted by Crippen LogP contribution is 2.48. The molecule has 0 amide bonds.